The van der Waals surface area contributed by atoms with E-state index in [1.54, 1.807) is 12.4 Å². The summed E-state index contributed by atoms with van der Waals surface area (Å²) in [5, 5.41) is 7.22. The summed E-state index contributed by atoms with van der Waals surface area (Å²) in [7, 11) is 0. The van der Waals surface area contributed by atoms with Crippen LogP contribution in [0.25, 0.3) is 0 Å². The van der Waals surface area contributed by atoms with Crippen molar-refractivity contribution in [1.29, 1.82) is 0 Å². The van der Waals surface area contributed by atoms with Crippen LogP contribution in [0, 0.1) is 0 Å². The summed E-state index contributed by atoms with van der Waals surface area (Å²) >= 11 is 0. The lowest BCUT2D eigenvalue weighted by molar-refractivity contribution is 0.133. The van der Waals surface area contributed by atoms with Crippen molar-refractivity contribution in [3.63, 3.8) is 0 Å². The second-order valence-corrected chi connectivity index (χ2v) is 6.20. The molecule has 0 aliphatic carbocycles. The normalized spacial score (nSPS) is 16.8. The minimum absolute atomic E-state index is 0.00989. The van der Waals surface area contributed by atoms with E-state index in [1.165, 1.54) is 5.56 Å². The van der Waals surface area contributed by atoms with Crippen molar-refractivity contribution in [3.8, 4) is 0 Å². The third-order valence-corrected chi connectivity index (χ3v) is 4.18. The van der Waals surface area contributed by atoms with Crippen molar-refractivity contribution < 1.29 is 4.79 Å². The van der Waals surface area contributed by atoms with Crippen LogP contribution in [0.2, 0.25) is 0 Å². The van der Waals surface area contributed by atoms with Gasteiger partial charge in [-0.25, -0.2) is 4.79 Å². The molecule has 3 rings (SSSR count). The van der Waals surface area contributed by atoms with E-state index < -0.39 is 0 Å². The van der Waals surface area contributed by atoms with Gasteiger partial charge in [0.15, 0.2) is 0 Å². The molecule has 128 valence electrons. The Bertz CT molecular complexity index is 622. The van der Waals surface area contributed by atoms with Gasteiger partial charge in [-0.1, -0.05) is 6.07 Å². The minimum atomic E-state index is 0.00989. The predicted molar refractivity (Wildman–Crippen MR) is 91.3 cm³/mol. The van der Waals surface area contributed by atoms with Gasteiger partial charge >= 0.3 is 6.03 Å². The van der Waals surface area contributed by atoms with E-state index in [9.17, 15) is 4.79 Å². The fourth-order valence-electron chi connectivity index (χ4n) is 2.90. The quantitative estimate of drug-likeness (QED) is 0.895. The first-order chi connectivity index (χ1) is 11.7. The van der Waals surface area contributed by atoms with Gasteiger partial charge in [0, 0.05) is 63.6 Å². The number of carbonyl (C=O) groups is 1. The molecule has 3 heterocycles. The number of rotatable bonds is 5. The van der Waals surface area contributed by atoms with Crippen molar-refractivity contribution in [1.82, 2.24) is 29.9 Å². The zero-order valence-corrected chi connectivity index (χ0v) is 14.0. The highest BCUT2D eigenvalue weighted by Crippen LogP contribution is 2.08. The number of urea groups is 1. The topological polar surface area (TPSA) is 66.3 Å². The Morgan fingerprint density at radius 1 is 1.25 bits per heavy atom. The van der Waals surface area contributed by atoms with Gasteiger partial charge in [-0.05, 0) is 24.6 Å². The molecular weight excluding hydrogens is 304 g/mol. The number of pyridine rings is 1. The zero-order chi connectivity index (χ0) is 16.8. The summed E-state index contributed by atoms with van der Waals surface area (Å²) in [6, 6.07) is 5.99. The maximum absolute atomic E-state index is 12.4. The lowest BCUT2D eigenvalue weighted by Gasteiger charge is -2.35. The molecule has 0 radical (unpaired) electrons. The van der Waals surface area contributed by atoms with Gasteiger partial charge in [-0.15, -0.1) is 0 Å². The summed E-state index contributed by atoms with van der Waals surface area (Å²) in [5.74, 6) is 0. The van der Waals surface area contributed by atoms with Gasteiger partial charge in [-0.3, -0.25) is 14.6 Å². The Hall–Kier alpha value is -2.41. The molecule has 1 fully saturated rings. The van der Waals surface area contributed by atoms with Crippen LogP contribution in [0.3, 0.4) is 0 Å². The average Bonchev–Trinajstić information content (AvgIpc) is 3.09. The van der Waals surface area contributed by atoms with E-state index >= 15 is 0 Å². The van der Waals surface area contributed by atoms with Crippen LogP contribution in [-0.2, 0) is 13.1 Å². The summed E-state index contributed by atoms with van der Waals surface area (Å²) in [6.45, 7) is 6.84. The van der Waals surface area contributed by atoms with Crippen LogP contribution in [0.15, 0.2) is 43.0 Å². The Morgan fingerprint density at radius 2 is 2.08 bits per heavy atom. The molecule has 0 aromatic carbocycles. The van der Waals surface area contributed by atoms with Crippen LogP contribution < -0.4 is 5.32 Å². The van der Waals surface area contributed by atoms with Gasteiger partial charge in [0.05, 0.1) is 6.54 Å². The third-order valence-electron chi connectivity index (χ3n) is 4.18. The SMILES string of the molecule is C[C@H](Cn1cccn1)NC(=O)N1CCN(Cc2cccnc2)CC1. The minimum Gasteiger partial charge on any atom is -0.334 e. The molecular formula is C17H24N6O. The number of nitrogens with zero attached hydrogens (tertiary/aromatic N) is 5. The smallest absolute Gasteiger partial charge is 0.317 e. The Morgan fingerprint density at radius 3 is 2.75 bits per heavy atom. The van der Waals surface area contributed by atoms with E-state index in [1.807, 2.05) is 41.0 Å². The van der Waals surface area contributed by atoms with Crippen molar-refractivity contribution in [2.24, 2.45) is 0 Å². The van der Waals surface area contributed by atoms with Crippen molar-refractivity contribution >= 4 is 6.03 Å². The first kappa shape index (κ1) is 16.4. The molecule has 1 N–H and O–H groups in total. The molecule has 7 heteroatoms. The number of nitrogens with one attached hydrogen (secondary N) is 1. The van der Waals surface area contributed by atoms with Gasteiger partial charge in [0.1, 0.15) is 0 Å². The van der Waals surface area contributed by atoms with Crippen molar-refractivity contribution in [2.75, 3.05) is 26.2 Å². The highest BCUT2D eigenvalue weighted by atomic mass is 16.2. The molecule has 2 aromatic heterocycles. The maximum Gasteiger partial charge on any atom is 0.317 e. The van der Waals surface area contributed by atoms with Crippen LogP contribution >= 0.6 is 0 Å². The van der Waals surface area contributed by atoms with Crippen molar-refractivity contribution in [3.05, 3.63) is 48.5 Å². The van der Waals surface area contributed by atoms with Gasteiger partial charge in [0.2, 0.25) is 0 Å². The molecule has 7 nitrogen and oxygen atoms in total. The lowest BCUT2D eigenvalue weighted by atomic mass is 10.2. The monoisotopic (exact) mass is 328 g/mol. The number of amides is 2. The van der Waals surface area contributed by atoms with E-state index in [0.29, 0.717) is 6.54 Å². The maximum atomic E-state index is 12.4. The molecule has 1 aliphatic rings. The lowest BCUT2D eigenvalue weighted by Crippen LogP contribution is -2.53. The molecule has 0 saturated carbocycles. The number of aromatic nitrogens is 3. The fraction of sp³-hybridized carbons (Fsp3) is 0.471. The van der Waals surface area contributed by atoms with Gasteiger partial charge < -0.3 is 10.2 Å². The summed E-state index contributed by atoms with van der Waals surface area (Å²) < 4.78 is 1.83. The first-order valence-corrected chi connectivity index (χ1v) is 8.35. The standard InChI is InChI=1S/C17H24N6O/c1-15(13-23-7-3-6-19-23)20-17(24)22-10-8-21(9-11-22)14-16-4-2-5-18-12-16/h2-7,12,15H,8-11,13-14H2,1H3,(H,20,24)/t15-/m1/s1. The molecule has 1 aliphatic heterocycles. The zero-order valence-electron chi connectivity index (χ0n) is 14.0. The average molecular weight is 328 g/mol. The van der Waals surface area contributed by atoms with E-state index in [2.05, 4.69) is 26.4 Å². The summed E-state index contributed by atoms with van der Waals surface area (Å²) in [5.41, 5.74) is 1.21. The second kappa shape index (κ2) is 7.92. The molecule has 24 heavy (non-hydrogen) atoms. The molecule has 1 atom stereocenters. The van der Waals surface area contributed by atoms with Gasteiger partial charge in [-0.2, -0.15) is 5.10 Å². The summed E-state index contributed by atoms with van der Waals surface area (Å²) in [4.78, 5) is 20.8. The largest absolute Gasteiger partial charge is 0.334 e. The Balaban J connectivity index is 1.41. The fourth-order valence-corrected chi connectivity index (χ4v) is 2.90. The van der Waals surface area contributed by atoms with Gasteiger partial charge in [0.25, 0.3) is 0 Å². The van der Waals surface area contributed by atoms with Crippen LogP contribution in [0.1, 0.15) is 12.5 Å². The van der Waals surface area contributed by atoms with Crippen LogP contribution in [-0.4, -0.2) is 62.8 Å². The highest BCUT2D eigenvalue weighted by molar-refractivity contribution is 5.74. The third kappa shape index (κ3) is 4.55. The number of hydrogen-bond donors (Lipinski definition) is 1. The first-order valence-electron chi connectivity index (χ1n) is 8.35. The van der Waals surface area contributed by atoms with E-state index in [-0.39, 0.29) is 12.1 Å². The number of hydrogen-bond acceptors (Lipinski definition) is 4. The van der Waals surface area contributed by atoms with E-state index in [0.717, 1.165) is 32.7 Å². The highest BCUT2D eigenvalue weighted by Gasteiger charge is 2.22. The molecule has 2 amide bonds. The molecule has 2 aromatic rings. The summed E-state index contributed by atoms with van der Waals surface area (Å²) in [6.07, 6.45) is 7.34. The van der Waals surface area contributed by atoms with Crippen LogP contribution in [0.5, 0.6) is 0 Å². The number of piperazine rings is 1. The molecule has 1 saturated heterocycles. The molecule has 0 unspecified atom stereocenters. The van der Waals surface area contributed by atoms with Crippen LogP contribution in [0.4, 0.5) is 4.79 Å². The molecule has 0 spiro atoms. The Kier molecular flexibility index (Phi) is 5.43. The Labute approximate surface area is 142 Å². The predicted octanol–water partition coefficient (Wildman–Crippen LogP) is 1.19. The number of carbonyl (C=O) groups excluding carboxylic acids is 1. The van der Waals surface area contributed by atoms with E-state index in [4.69, 9.17) is 0 Å². The van der Waals surface area contributed by atoms with Crippen molar-refractivity contribution in [2.45, 2.75) is 26.1 Å². The molecule has 0 bridgehead atoms. The second-order valence-electron chi connectivity index (χ2n) is 6.20.